The van der Waals surface area contributed by atoms with Crippen LogP contribution < -0.4 is 14.8 Å². The van der Waals surface area contributed by atoms with Crippen LogP contribution in [0.4, 0.5) is 18.9 Å². The molecule has 0 aliphatic heterocycles. The van der Waals surface area contributed by atoms with Crippen molar-refractivity contribution >= 4 is 11.6 Å². The molecule has 0 fully saturated rings. The number of carbonyl (C=O) groups excluding carboxylic acids is 1. The third-order valence-electron chi connectivity index (χ3n) is 3.57. The number of methoxy groups -OCH3 is 1. The molecule has 0 aliphatic carbocycles. The molecule has 2 rings (SSSR count). The number of hydrogen-bond acceptors (Lipinski definition) is 3. The first kappa shape index (κ1) is 19.6. The van der Waals surface area contributed by atoms with Gasteiger partial charge in [0.2, 0.25) is 5.91 Å². The number of hydrogen-bond donors (Lipinski definition) is 1. The van der Waals surface area contributed by atoms with Gasteiger partial charge in [-0.25, -0.2) is 0 Å². The van der Waals surface area contributed by atoms with Gasteiger partial charge in [0.15, 0.2) is 0 Å². The topological polar surface area (TPSA) is 47.6 Å². The first-order valence-corrected chi connectivity index (χ1v) is 8.10. The van der Waals surface area contributed by atoms with E-state index in [1.807, 2.05) is 6.92 Å². The lowest BCUT2D eigenvalue weighted by Crippen LogP contribution is -2.16. The Morgan fingerprint density at radius 2 is 1.81 bits per heavy atom. The Labute approximate surface area is 149 Å². The molecule has 0 bridgehead atoms. The van der Waals surface area contributed by atoms with Gasteiger partial charge in [-0.05, 0) is 42.3 Å². The predicted octanol–water partition coefficient (Wildman–Crippen LogP) is 4.68. The zero-order valence-electron chi connectivity index (χ0n) is 14.5. The number of amides is 1. The molecule has 1 amide bonds. The second-order valence-corrected chi connectivity index (χ2v) is 5.63. The first-order valence-electron chi connectivity index (χ1n) is 8.10. The summed E-state index contributed by atoms with van der Waals surface area (Å²) in [5.74, 6) is 0.432. The van der Waals surface area contributed by atoms with Crippen molar-refractivity contribution in [2.75, 3.05) is 19.0 Å². The van der Waals surface area contributed by atoms with Gasteiger partial charge >= 0.3 is 6.18 Å². The van der Waals surface area contributed by atoms with Crippen LogP contribution in [-0.2, 0) is 17.4 Å². The van der Waals surface area contributed by atoms with E-state index >= 15 is 0 Å². The maximum absolute atomic E-state index is 12.9. The number of rotatable bonds is 7. The van der Waals surface area contributed by atoms with E-state index < -0.39 is 17.6 Å². The van der Waals surface area contributed by atoms with Gasteiger partial charge in [-0.3, -0.25) is 4.79 Å². The summed E-state index contributed by atoms with van der Waals surface area (Å²) in [7, 11) is 1.53. The number of ether oxygens (including phenoxy) is 2. The molecular weight excluding hydrogens is 347 g/mol. The minimum Gasteiger partial charge on any atom is -0.497 e. The Morgan fingerprint density at radius 3 is 2.38 bits per heavy atom. The lowest BCUT2D eigenvalue weighted by molar-refractivity contribution is -0.137. The van der Waals surface area contributed by atoms with Gasteiger partial charge in [-0.2, -0.15) is 13.2 Å². The largest absolute Gasteiger partial charge is 0.497 e. The molecule has 7 heteroatoms. The predicted molar refractivity (Wildman–Crippen MR) is 92.6 cm³/mol. The highest BCUT2D eigenvalue weighted by Crippen LogP contribution is 2.35. The van der Waals surface area contributed by atoms with Gasteiger partial charge < -0.3 is 14.8 Å². The van der Waals surface area contributed by atoms with Crippen LogP contribution in [0, 0.1) is 0 Å². The van der Waals surface area contributed by atoms with Gasteiger partial charge in [0.25, 0.3) is 0 Å². The summed E-state index contributed by atoms with van der Waals surface area (Å²) >= 11 is 0. The fraction of sp³-hybridized carbons (Fsp3) is 0.316. The van der Waals surface area contributed by atoms with E-state index in [0.717, 1.165) is 12.1 Å². The number of benzene rings is 2. The normalized spacial score (nSPS) is 11.1. The highest BCUT2D eigenvalue weighted by molar-refractivity contribution is 5.93. The van der Waals surface area contributed by atoms with E-state index in [0.29, 0.717) is 24.3 Å². The van der Waals surface area contributed by atoms with E-state index in [-0.39, 0.29) is 17.9 Å². The van der Waals surface area contributed by atoms with E-state index in [2.05, 4.69) is 5.32 Å². The van der Waals surface area contributed by atoms with Crippen molar-refractivity contribution in [1.29, 1.82) is 0 Å². The molecule has 0 heterocycles. The summed E-state index contributed by atoms with van der Waals surface area (Å²) < 4.78 is 49.3. The quantitative estimate of drug-likeness (QED) is 0.773. The van der Waals surface area contributed by atoms with Gasteiger partial charge in [0.05, 0.1) is 31.4 Å². The lowest BCUT2D eigenvalue weighted by atomic mass is 10.1. The average Bonchev–Trinajstić information content (AvgIpc) is 2.60. The van der Waals surface area contributed by atoms with Crippen LogP contribution in [0.2, 0.25) is 0 Å². The first-order chi connectivity index (χ1) is 12.3. The van der Waals surface area contributed by atoms with Crippen LogP contribution >= 0.6 is 0 Å². The Morgan fingerprint density at radius 1 is 1.12 bits per heavy atom. The molecular formula is C19H20F3NO3. The second kappa shape index (κ2) is 8.60. The standard InChI is InChI=1S/C19H20F3NO3/c1-3-10-26-17-9-6-14(19(20,21)22)12-16(17)23-18(24)11-13-4-7-15(25-2)8-5-13/h4-9,12H,3,10-11H2,1-2H3,(H,23,24). The molecule has 2 aromatic rings. The van der Waals surface area contributed by atoms with Gasteiger partial charge in [0.1, 0.15) is 11.5 Å². The zero-order valence-corrected chi connectivity index (χ0v) is 14.5. The second-order valence-electron chi connectivity index (χ2n) is 5.63. The minimum absolute atomic E-state index is 0.00628. The number of halogens is 3. The average molecular weight is 367 g/mol. The summed E-state index contributed by atoms with van der Waals surface area (Å²) in [6, 6.07) is 9.91. The van der Waals surface area contributed by atoms with E-state index in [9.17, 15) is 18.0 Å². The van der Waals surface area contributed by atoms with Crippen molar-refractivity contribution < 1.29 is 27.4 Å². The van der Waals surface area contributed by atoms with Crippen LogP contribution in [0.1, 0.15) is 24.5 Å². The highest BCUT2D eigenvalue weighted by Gasteiger charge is 2.31. The smallest absolute Gasteiger partial charge is 0.416 e. The van der Waals surface area contributed by atoms with Crippen molar-refractivity contribution in [1.82, 2.24) is 0 Å². The van der Waals surface area contributed by atoms with E-state index in [1.54, 1.807) is 24.3 Å². The maximum Gasteiger partial charge on any atom is 0.416 e. The fourth-order valence-electron chi connectivity index (χ4n) is 2.27. The Bertz CT molecular complexity index is 743. The molecule has 0 saturated carbocycles. The molecule has 0 radical (unpaired) electrons. The van der Waals surface area contributed by atoms with Gasteiger partial charge in [0, 0.05) is 0 Å². The molecule has 140 valence electrons. The van der Waals surface area contributed by atoms with Crippen LogP contribution in [0.5, 0.6) is 11.5 Å². The van der Waals surface area contributed by atoms with E-state index in [1.165, 1.54) is 13.2 Å². The molecule has 0 aromatic heterocycles. The highest BCUT2D eigenvalue weighted by atomic mass is 19.4. The summed E-state index contributed by atoms with van der Waals surface area (Å²) in [6.07, 6.45) is -3.79. The maximum atomic E-state index is 12.9. The number of carbonyl (C=O) groups is 1. The molecule has 26 heavy (non-hydrogen) atoms. The van der Waals surface area contributed by atoms with Crippen LogP contribution in [-0.4, -0.2) is 19.6 Å². The van der Waals surface area contributed by atoms with Crippen molar-refractivity contribution in [3.63, 3.8) is 0 Å². The zero-order chi connectivity index (χ0) is 19.2. The number of alkyl halides is 3. The Hall–Kier alpha value is -2.70. The fourth-order valence-corrected chi connectivity index (χ4v) is 2.27. The summed E-state index contributed by atoms with van der Waals surface area (Å²) in [4.78, 5) is 12.2. The summed E-state index contributed by atoms with van der Waals surface area (Å²) in [5.41, 5.74) is -0.126. The molecule has 0 unspecified atom stereocenters. The third-order valence-corrected chi connectivity index (χ3v) is 3.57. The summed E-state index contributed by atoms with van der Waals surface area (Å²) in [5, 5.41) is 2.51. The number of anilines is 1. The van der Waals surface area contributed by atoms with Crippen molar-refractivity contribution in [3.8, 4) is 11.5 Å². The molecule has 0 aliphatic rings. The number of nitrogens with one attached hydrogen (secondary N) is 1. The van der Waals surface area contributed by atoms with Crippen molar-refractivity contribution in [2.45, 2.75) is 25.9 Å². The van der Waals surface area contributed by atoms with Crippen LogP contribution in [0.25, 0.3) is 0 Å². The Balaban J connectivity index is 2.17. The molecule has 2 aromatic carbocycles. The SMILES string of the molecule is CCCOc1ccc(C(F)(F)F)cc1NC(=O)Cc1ccc(OC)cc1. The lowest BCUT2D eigenvalue weighted by Gasteiger charge is -2.15. The molecule has 1 N–H and O–H groups in total. The monoisotopic (exact) mass is 367 g/mol. The third kappa shape index (κ3) is 5.40. The van der Waals surface area contributed by atoms with Gasteiger partial charge in [-0.15, -0.1) is 0 Å². The van der Waals surface area contributed by atoms with E-state index in [4.69, 9.17) is 9.47 Å². The van der Waals surface area contributed by atoms with Gasteiger partial charge in [-0.1, -0.05) is 19.1 Å². The van der Waals surface area contributed by atoms with Crippen LogP contribution in [0.15, 0.2) is 42.5 Å². The molecule has 0 atom stereocenters. The van der Waals surface area contributed by atoms with Crippen molar-refractivity contribution in [2.24, 2.45) is 0 Å². The van der Waals surface area contributed by atoms with Crippen molar-refractivity contribution in [3.05, 3.63) is 53.6 Å². The molecule has 0 spiro atoms. The summed E-state index contributed by atoms with van der Waals surface area (Å²) in [6.45, 7) is 2.22. The minimum atomic E-state index is -4.50. The molecule has 0 saturated heterocycles. The Kier molecular flexibility index (Phi) is 6.49. The van der Waals surface area contributed by atoms with Crippen LogP contribution in [0.3, 0.4) is 0 Å². The molecule has 4 nitrogen and oxygen atoms in total.